The number of amides is 1. The molecule has 1 amide bonds. The number of anilines is 4. The fourth-order valence-electron chi connectivity index (χ4n) is 4.52. The molecule has 9 nitrogen and oxygen atoms in total. The summed E-state index contributed by atoms with van der Waals surface area (Å²) in [5, 5.41) is 18.8. The Kier molecular flexibility index (Phi) is 8.13. The molecule has 0 atom stereocenters. The molecule has 0 spiro atoms. The number of hydrogen-bond donors (Lipinski definition) is 3. The van der Waals surface area contributed by atoms with E-state index in [1.54, 1.807) is 36.5 Å². The molecule has 202 valence electrons. The molecule has 2 aromatic carbocycles. The van der Waals surface area contributed by atoms with Crippen molar-refractivity contribution in [2.45, 2.75) is 12.8 Å². The molecule has 10 heteroatoms. The molecule has 0 unspecified atom stereocenters. The lowest BCUT2D eigenvalue weighted by Crippen LogP contribution is -2.35. The minimum Gasteiger partial charge on any atom is -0.378 e. The van der Waals surface area contributed by atoms with Gasteiger partial charge in [-0.15, -0.1) is 0 Å². The van der Waals surface area contributed by atoms with Crippen LogP contribution in [0.25, 0.3) is 11.3 Å². The minimum atomic E-state index is -0.440. The number of morpholine rings is 1. The van der Waals surface area contributed by atoms with Gasteiger partial charge in [-0.05, 0) is 55.3 Å². The van der Waals surface area contributed by atoms with Crippen molar-refractivity contribution >= 4 is 28.9 Å². The first kappa shape index (κ1) is 26.6. The number of ether oxygens (including phenoxy) is 1. The van der Waals surface area contributed by atoms with Gasteiger partial charge in [0.2, 0.25) is 11.9 Å². The zero-order valence-electron chi connectivity index (χ0n) is 21.8. The summed E-state index contributed by atoms with van der Waals surface area (Å²) in [7, 11) is 0. The number of halogens is 1. The Bertz CT molecular complexity index is 1540. The molecule has 1 saturated heterocycles. The predicted octanol–water partition coefficient (Wildman–Crippen LogP) is 5.33. The zero-order chi connectivity index (χ0) is 27.9. The van der Waals surface area contributed by atoms with E-state index in [2.05, 4.69) is 50.6 Å². The van der Waals surface area contributed by atoms with Gasteiger partial charge in [-0.3, -0.25) is 4.79 Å². The van der Waals surface area contributed by atoms with E-state index in [0.717, 1.165) is 43.4 Å². The number of carbonyl (C=O) groups excluding carboxylic acids is 1. The van der Waals surface area contributed by atoms with E-state index in [1.165, 1.54) is 12.1 Å². The van der Waals surface area contributed by atoms with Gasteiger partial charge in [0.1, 0.15) is 11.9 Å². The average molecular weight is 538 g/mol. The van der Waals surface area contributed by atoms with E-state index in [0.29, 0.717) is 53.0 Å². The standard InChI is InChI=1S/C30H28FN7O2/c1-2-28(39)36-26-15-20(9-10-21(26)18-32)29-27(34-23-6-3-5-22(31)16-23)19-33-30(37-29)35-24-7-4-8-25(17-24)38-11-13-40-14-12-38/h2-3,5-6,8-10,15-17,19,34H,1,4,7,11-14H2,(H,36,39)(H,33,35,37). The van der Waals surface area contributed by atoms with E-state index in [1.807, 2.05) is 0 Å². The second-order valence-electron chi connectivity index (χ2n) is 9.22. The Balaban J connectivity index is 1.50. The zero-order valence-corrected chi connectivity index (χ0v) is 21.8. The summed E-state index contributed by atoms with van der Waals surface area (Å²) in [5.41, 5.74) is 4.92. The number of allylic oxidation sites excluding steroid dienone is 3. The maximum Gasteiger partial charge on any atom is 0.247 e. The summed E-state index contributed by atoms with van der Waals surface area (Å²) in [6, 6.07) is 13.2. The third-order valence-electron chi connectivity index (χ3n) is 6.49. The number of rotatable bonds is 8. The Morgan fingerprint density at radius 2 is 2.00 bits per heavy atom. The van der Waals surface area contributed by atoms with Crippen molar-refractivity contribution in [2.75, 3.05) is 42.3 Å². The van der Waals surface area contributed by atoms with Gasteiger partial charge in [-0.25, -0.2) is 14.4 Å². The summed E-state index contributed by atoms with van der Waals surface area (Å²) in [6.07, 6.45) is 8.79. The van der Waals surface area contributed by atoms with Gasteiger partial charge in [-0.1, -0.05) is 24.8 Å². The SMILES string of the molecule is C=CC(=O)Nc1cc(-c2nc(NC3=CC(N4CCOCC4)=CCC3)ncc2Nc2cccc(F)c2)ccc1C#N. The van der Waals surface area contributed by atoms with Crippen molar-refractivity contribution in [3.63, 3.8) is 0 Å². The van der Waals surface area contributed by atoms with Crippen molar-refractivity contribution in [1.82, 2.24) is 14.9 Å². The second kappa shape index (κ2) is 12.2. The van der Waals surface area contributed by atoms with Crippen molar-refractivity contribution in [3.05, 3.63) is 96.2 Å². The third kappa shape index (κ3) is 6.34. The van der Waals surface area contributed by atoms with E-state index in [9.17, 15) is 14.4 Å². The first-order valence-corrected chi connectivity index (χ1v) is 12.9. The normalized spacial score (nSPS) is 14.8. The molecule has 1 fully saturated rings. The van der Waals surface area contributed by atoms with Crippen LogP contribution in [0.1, 0.15) is 18.4 Å². The molecule has 0 saturated carbocycles. The molecular weight excluding hydrogens is 509 g/mol. The first-order valence-electron chi connectivity index (χ1n) is 12.9. The maximum absolute atomic E-state index is 13.9. The number of nitriles is 1. The molecule has 1 aromatic heterocycles. The summed E-state index contributed by atoms with van der Waals surface area (Å²) < 4.78 is 19.4. The molecule has 3 aromatic rings. The van der Waals surface area contributed by atoms with Gasteiger partial charge >= 0.3 is 0 Å². The number of nitrogens with one attached hydrogen (secondary N) is 3. The molecule has 0 bridgehead atoms. The summed E-state index contributed by atoms with van der Waals surface area (Å²) in [6.45, 7) is 6.59. The number of carbonyl (C=O) groups is 1. The average Bonchev–Trinajstić information content (AvgIpc) is 2.98. The van der Waals surface area contributed by atoms with Gasteiger partial charge in [0.25, 0.3) is 0 Å². The van der Waals surface area contributed by atoms with Crippen LogP contribution in [0.3, 0.4) is 0 Å². The predicted molar refractivity (Wildman–Crippen MR) is 152 cm³/mol. The Hall–Kier alpha value is -5.01. The summed E-state index contributed by atoms with van der Waals surface area (Å²) in [5.74, 6) is -0.438. The van der Waals surface area contributed by atoms with Crippen molar-refractivity contribution in [2.24, 2.45) is 0 Å². The highest BCUT2D eigenvalue weighted by Gasteiger charge is 2.18. The molecule has 1 aliphatic heterocycles. The van der Waals surface area contributed by atoms with Crippen molar-refractivity contribution < 1.29 is 13.9 Å². The van der Waals surface area contributed by atoms with E-state index in [-0.39, 0.29) is 5.82 Å². The van der Waals surface area contributed by atoms with Gasteiger partial charge < -0.3 is 25.6 Å². The van der Waals surface area contributed by atoms with Crippen LogP contribution in [0.5, 0.6) is 0 Å². The van der Waals surface area contributed by atoms with E-state index in [4.69, 9.17) is 9.72 Å². The number of benzene rings is 2. The number of hydrogen-bond acceptors (Lipinski definition) is 8. The minimum absolute atomic E-state index is 0.292. The van der Waals surface area contributed by atoms with Crippen LogP contribution in [0.15, 0.2) is 84.9 Å². The Morgan fingerprint density at radius 3 is 2.77 bits per heavy atom. The summed E-state index contributed by atoms with van der Waals surface area (Å²) in [4.78, 5) is 23.6. The highest BCUT2D eigenvalue weighted by atomic mass is 19.1. The largest absolute Gasteiger partial charge is 0.378 e. The lowest BCUT2D eigenvalue weighted by molar-refractivity contribution is -0.111. The quantitative estimate of drug-likeness (QED) is 0.331. The second-order valence-corrected chi connectivity index (χ2v) is 9.22. The molecule has 2 aliphatic rings. The van der Waals surface area contributed by atoms with Crippen LogP contribution in [0.4, 0.5) is 27.4 Å². The van der Waals surface area contributed by atoms with Gasteiger partial charge in [0, 0.05) is 35.7 Å². The number of nitrogens with zero attached hydrogens (tertiary/aromatic N) is 4. The van der Waals surface area contributed by atoms with Gasteiger partial charge in [0.05, 0.1) is 42.0 Å². The molecule has 40 heavy (non-hydrogen) atoms. The Labute approximate surface area is 231 Å². The van der Waals surface area contributed by atoms with Gasteiger partial charge in [-0.2, -0.15) is 5.26 Å². The molecule has 2 heterocycles. The van der Waals surface area contributed by atoms with Crippen molar-refractivity contribution in [3.8, 4) is 17.3 Å². The topological polar surface area (TPSA) is 115 Å². The van der Waals surface area contributed by atoms with Crippen LogP contribution in [0.2, 0.25) is 0 Å². The van der Waals surface area contributed by atoms with Crippen LogP contribution in [-0.2, 0) is 9.53 Å². The highest BCUT2D eigenvalue weighted by molar-refractivity contribution is 6.00. The first-order chi connectivity index (χ1) is 19.5. The van der Waals surface area contributed by atoms with Gasteiger partial charge in [0.15, 0.2) is 0 Å². The molecule has 5 rings (SSSR count). The summed E-state index contributed by atoms with van der Waals surface area (Å²) >= 11 is 0. The monoisotopic (exact) mass is 537 g/mol. The lowest BCUT2D eigenvalue weighted by Gasteiger charge is -2.31. The fraction of sp³-hybridized carbons (Fsp3) is 0.200. The van der Waals surface area contributed by atoms with Crippen molar-refractivity contribution in [1.29, 1.82) is 5.26 Å². The molecule has 0 radical (unpaired) electrons. The van der Waals surface area contributed by atoms with E-state index >= 15 is 0 Å². The third-order valence-corrected chi connectivity index (χ3v) is 6.49. The smallest absolute Gasteiger partial charge is 0.247 e. The van der Waals surface area contributed by atoms with Crippen LogP contribution in [0, 0.1) is 17.1 Å². The molecule has 3 N–H and O–H groups in total. The Morgan fingerprint density at radius 1 is 1.15 bits per heavy atom. The number of aromatic nitrogens is 2. The molecular formula is C30H28FN7O2. The maximum atomic E-state index is 13.9. The lowest BCUT2D eigenvalue weighted by atomic mass is 10.1. The van der Waals surface area contributed by atoms with Crippen LogP contribution in [-0.4, -0.2) is 47.1 Å². The van der Waals surface area contributed by atoms with E-state index < -0.39 is 5.91 Å². The highest BCUT2D eigenvalue weighted by Crippen LogP contribution is 2.33. The van der Waals surface area contributed by atoms with Crippen LogP contribution >= 0.6 is 0 Å². The van der Waals surface area contributed by atoms with Crippen LogP contribution < -0.4 is 16.0 Å². The fourth-order valence-corrected chi connectivity index (χ4v) is 4.52. The molecule has 1 aliphatic carbocycles.